The van der Waals surface area contributed by atoms with Gasteiger partial charge in [0.15, 0.2) is 0 Å². The molecule has 0 atom stereocenters. The van der Waals surface area contributed by atoms with Crippen molar-refractivity contribution in [3.8, 4) is 6.07 Å². The molecule has 102 valence electrons. The van der Waals surface area contributed by atoms with E-state index in [1.54, 1.807) is 0 Å². The molecule has 2 aliphatic heterocycles. The first-order valence-electron chi connectivity index (χ1n) is 6.97. The number of hydrogen-bond donors (Lipinski definition) is 0. The highest BCUT2D eigenvalue weighted by atomic mass is 79.9. The van der Waals surface area contributed by atoms with Gasteiger partial charge in [-0.1, -0.05) is 6.07 Å². The van der Waals surface area contributed by atoms with Crippen molar-refractivity contribution in [1.82, 2.24) is 4.57 Å². The predicted molar refractivity (Wildman–Crippen MR) is 80.8 cm³/mol. The van der Waals surface area contributed by atoms with Crippen LogP contribution in [0.2, 0.25) is 0 Å². The second-order valence-corrected chi connectivity index (χ2v) is 6.67. The average Bonchev–Trinajstić information content (AvgIpc) is 2.66. The Hall–Kier alpha value is -1.31. The Balaban J connectivity index is 2.04. The van der Waals surface area contributed by atoms with Gasteiger partial charge in [-0.25, -0.2) is 0 Å². The lowest BCUT2D eigenvalue weighted by atomic mass is 9.78. The Labute approximate surface area is 126 Å². The maximum absolute atomic E-state index is 9.52. The number of nitriles is 1. The molecule has 0 N–H and O–H groups in total. The molecule has 0 spiro atoms. The second-order valence-electron chi connectivity index (χ2n) is 5.87. The van der Waals surface area contributed by atoms with Crippen LogP contribution in [0.25, 0.3) is 10.9 Å². The van der Waals surface area contributed by atoms with Gasteiger partial charge in [-0.3, -0.25) is 0 Å². The molecule has 1 saturated heterocycles. The van der Waals surface area contributed by atoms with E-state index in [4.69, 9.17) is 4.74 Å². The summed E-state index contributed by atoms with van der Waals surface area (Å²) < 4.78 is 8.88. The van der Waals surface area contributed by atoms with Crippen LogP contribution in [-0.4, -0.2) is 17.8 Å². The molecule has 0 amide bonds. The number of halogens is 1. The van der Waals surface area contributed by atoms with Crippen LogP contribution in [0.4, 0.5) is 0 Å². The van der Waals surface area contributed by atoms with Crippen LogP contribution in [0.1, 0.15) is 23.2 Å². The lowest BCUT2D eigenvalue weighted by Gasteiger charge is -2.36. The summed E-state index contributed by atoms with van der Waals surface area (Å²) in [6.07, 6.45) is 2.27. The van der Waals surface area contributed by atoms with Gasteiger partial charge in [0.1, 0.15) is 5.41 Å². The molecular formula is C16H15BrN2O. The maximum atomic E-state index is 9.52. The molecule has 3 heterocycles. The summed E-state index contributed by atoms with van der Waals surface area (Å²) in [5.74, 6) is 0. The fraction of sp³-hybridized carbons (Fsp3) is 0.438. The molecule has 1 aromatic carbocycles. The first-order chi connectivity index (χ1) is 9.66. The van der Waals surface area contributed by atoms with E-state index in [-0.39, 0.29) is 0 Å². The number of hydrogen-bond acceptors (Lipinski definition) is 2. The van der Waals surface area contributed by atoms with Crippen molar-refractivity contribution in [2.45, 2.75) is 31.7 Å². The summed E-state index contributed by atoms with van der Waals surface area (Å²) in [5.41, 5.74) is 4.69. The molecule has 4 rings (SSSR count). The van der Waals surface area contributed by atoms with Crippen molar-refractivity contribution in [1.29, 1.82) is 5.26 Å². The zero-order chi connectivity index (χ0) is 13.9. The maximum Gasteiger partial charge on any atom is 0.129 e. The molecule has 0 radical (unpaired) electrons. The van der Waals surface area contributed by atoms with E-state index in [0.29, 0.717) is 13.2 Å². The first-order valence-corrected chi connectivity index (χ1v) is 7.76. The molecule has 4 heteroatoms. The van der Waals surface area contributed by atoms with E-state index >= 15 is 0 Å². The summed E-state index contributed by atoms with van der Waals surface area (Å²) in [4.78, 5) is 0. The second kappa shape index (κ2) is 4.09. The Morgan fingerprint density at radius 3 is 2.85 bits per heavy atom. The van der Waals surface area contributed by atoms with Gasteiger partial charge in [-0.2, -0.15) is 5.26 Å². The van der Waals surface area contributed by atoms with Crippen molar-refractivity contribution in [3.05, 3.63) is 33.4 Å². The zero-order valence-corrected chi connectivity index (χ0v) is 13.0. The van der Waals surface area contributed by atoms with Crippen molar-refractivity contribution >= 4 is 26.8 Å². The third-order valence-electron chi connectivity index (χ3n) is 4.71. The monoisotopic (exact) mass is 330 g/mol. The highest BCUT2D eigenvalue weighted by Crippen LogP contribution is 2.40. The van der Waals surface area contributed by atoms with Crippen LogP contribution < -0.4 is 0 Å². The number of aryl methyl sites for hydroxylation is 2. The summed E-state index contributed by atoms with van der Waals surface area (Å²) in [7, 11) is 0. The van der Waals surface area contributed by atoms with Gasteiger partial charge >= 0.3 is 0 Å². The van der Waals surface area contributed by atoms with Crippen molar-refractivity contribution in [2.24, 2.45) is 0 Å². The van der Waals surface area contributed by atoms with E-state index in [1.807, 2.05) is 0 Å². The van der Waals surface area contributed by atoms with Crippen molar-refractivity contribution in [2.75, 3.05) is 13.2 Å². The third kappa shape index (κ3) is 1.43. The topological polar surface area (TPSA) is 37.9 Å². The lowest BCUT2D eigenvalue weighted by Crippen LogP contribution is -2.45. The van der Waals surface area contributed by atoms with Crippen LogP contribution >= 0.6 is 15.9 Å². The van der Waals surface area contributed by atoms with E-state index in [1.165, 1.54) is 33.1 Å². The zero-order valence-electron chi connectivity index (χ0n) is 11.4. The van der Waals surface area contributed by atoms with E-state index in [2.05, 4.69) is 45.6 Å². The summed E-state index contributed by atoms with van der Waals surface area (Å²) in [6, 6.07) is 6.87. The lowest BCUT2D eigenvalue weighted by molar-refractivity contribution is -0.0297. The number of aromatic nitrogens is 1. The number of ether oxygens (including phenoxy) is 1. The van der Waals surface area contributed by atoms with Gasteiger partial charge in [0, 0.05) is 22.1 Å². The summed E-state index contributed by atoms with van der Waals surface area (Å²) >= 11 is 3.73. The third-order valence-corrected chi connectivity index (χ3v) is 5.71. The molecule has 0 unspecified atom stereocenters. The Morgan fingerprint density at radius 2 is 2.20 bits per heavy atom. The van der Waals surface area contributed by atoms with Crippen LogP contribution in [0.3, 0.4) is 0 Å². The van der Waals surface area contributed by atoms with Gasteiger partial charge in [0.05, 0.1) is 24.8 Å². The molecule has 2 aliphatic rings. The van der Waals surface area contributed by atoms with E-state index in [9.17, 15) is 5.26 Å². The highest BCUT2D eigenvalue weighted by Gasteiger charge is 2.41. The number of benzene rings is 1. The van der Waals surface area contributed by atoms with Crippen LogP contribution in [0.5, 0.6) is 0 Å². The largest absolute Gasteiger partial charge is 0.377 e. The molecule has 0 bridgehead atoms. The minimum Gasteiger partial charge on any atom is -0.377 e. The average molecular weight is 331 g/mol. The van der Waals surface area contributed by atoms with Crippen LogP contribution in [0.15, 0.2) is 16.6 Å². The minimum absolute atomic E-state index is 0.433. The summed E-state index contributed by atoms with van der Waals surface area (Å²) in [6.45, 7) is 4.29. The molecule has 1 fully saturated rings. The fourth-order valence-electron chi connectivity index (χ4n) is 3.44. The Kier molecular flexibility index (Phi) is 2.55. The molecular weight excluding hydrogens is 316 g/mol. The van der Waals surface area contributed by atoms with E-state index in [0.717, 1.165) is 18.5 Å². The van der Waals surface area contributed by atoms with Gasteiger partial charge in [-0.05, 0) is 52.9 Å². The molecule has 1 aromatic heterocycles. The normalized spacial score (nSPS) is 19.6. The fourth-order valence-corrected chi connectivity index (χ4v) is 3.95. The van der Waals surface area contributed by atoms with Crippen molar-refractivity contribution in [3.63, 3.8) is 0 Å². The van der Waals surface area contributed by atoms with Crippen LogP contribution in [-0.2, 0) is 23.1 Å². The SMILES string of the molecule is Cc1c(Br)c2cc(C3(C#N)COC3)cc3c2n1CCC3. The van der Waals surface area contributed by atoms with Crippen LogP contribution in [0, 0.1) is 18.3 Å². The molecule has 0 aliphatic carbocycles. The molecule has 2 aromatic rings. The summed E-state index contributed by atoms with van der Waals surface area (Å²) in [5, 5.41) is 10.8. The quantitative estimate of drug-likeness (QED) is 0.803. The first kappa shape index (κ1) is 12.4. The standard InChI is InChI=1S/C16H15BrN2O/c1-10-14(17)13-6-12(16(7-18)8-20-9-16)5-11-3-2-4-19(10)15(11)13/h5-6H,2-4,8-9H2,1H3. The minimum atomic E-state index is -0.433. The molecule has 3 nitrogen and oxygen atoms in total. The van der Waals surface area contributed by atoms with Gasteiger partial charge in [0.2, 0.25) is 0 Å². The van der Waals surface area contributed by atoms with Gasteiger partial charge < -0.3 is 9.30 Å². The molecule has 20 heavy (non-hydrogen) atoms. The predicted octanol–water partition coefficient (Wildman–Crippen LogP) is 3.45. The molecule has 0 saturated carbocycles. The Morgan fingerprint density at radius 1 is 1.40 bits per heavy atom. The number of nitrogens with zero attached hydrogens (tertiary/aromatic N) is 2. The number of rotatable bonds is 1. The van der Waals surface area contributed by atoms with E-state index < -0.39 is 5.41 Å². The Bertz CT molecular complexity index is 765. The van der Waals surface area contributed by atoms with Gasteiger partial charge in [-0.15, -0.1) is 0 Å². The van der Waals surface area contributed by atoms with Gasteiger partial charge in [0.25, 0.3) is 0 Å². The highest BCUT2D eigenvalue weighted by molar-refractivity contribution is 9.10. The smallest absolute Gasteiger partial charge is 0.129 e. The van der Waals surface area contributed by atoms with Crippen molar-refractivity contribution < 1.29 is 4.74 Å².